The molecule has 1 unspecified atom stereocenters. The predicted molar refractivity (Wildman–Crippen MR) is 64.0 cm³/mol. The fourth-order valence-corrected chi connectivity index (χ4v) is 1.57. The Morgan fingerprint density at radius 3 is 2.72 bits per heavy atom. The molecule has 1 atom stereocenters. The van der Waals surface area contributed by atoms with E-state index >= 15 is 0 Å². The van der Waals surface area contributed by atoms with Gasteiger partial charge in [0, 0.05) is 12.6 Å². The van der Waals surface area contributed by atoms with Crippen LogP contribution < -0.4 is 11.1 Å². The van der Waals surface area contributed by atoms with Gasteiger partial charge in [-0.3, -0.25) is 4.79 Å². The van der Waals surface area contributed by atoms with Crippen LogP contribution in [0.2, 0.25) is 0 Å². The summed E-state index contributed by atoms with van der Waals surface area (Å²) in [5.74, 6) is -2.44. The molecule has 4 N–H and O–H groups in total. The van der Waals surface area contributed by atoms with Gasteiger partial charge in [-0.05, 0) is 25.0 Å². The highest BCUT2D eigenvalue weighted by molar-refractivity contribution is 5.95. The van der Waals surface area contributed by atoms with Gasteiger partial charge in [0.15, 0.2) is 5.82 Å². The zero-order valence-corrected chi connectivity index (χ0v) is 10.0. The lowest BCUT2D eigenvalue weighted by molar-refractivity contribution is 0.0924. The molecule has 1 aromatic carbocycles. The van der Waals surface area contributed by atoms with Crippen molar-refractivity contribution < 1.29 is 18.7 Å². The molecule has 100 valence electrons. The molecule has 0 radical (unpaired) electrons. The summed E-state index contributed by atoms with van der Waals surface area (Å²) < 4.78 is 26.6. The number of nitrogens with one attached hydrogen (secondary N) is 1. The predicted octanol–water partition coefficient (Wildman–Crippen LogP) is 1.44. The van der Waals surface area contributed by atoms with E-state index in [-0.39, 0.29) is 12.6 Å². The number of carbonyl (C=O) groups excluding carboxylic acids is 1. The van der Waals surface area contributed by atoms with Crippen molar-refractivity contribution in [1.82, 2.24) is 5.32 Å². The van der Waals surface area contributed by atoms with E-state index in [2.05, 4.69) is 5.32 Å². The number of amides is 1. The SMILES string of the molecule is CCC(CCO)NC(=O)c1cc(F)cc(N)c1F. The van der Waals surface area contributed by atoms with E-state index in [1.54, 1.807) is 0 Å². The van der Waals surface area contributed by atoms with Crippen molar-refractivity contribution in [2.75, 3.05) is 12.3 Å². The molecule has 0 saturated carbocycles. The summed E-state index contributed by atoms with van der Waals surface area (Å²) >= 11 is 0. The lowest BCUT2D eigenvalue weighted by atomic mass is 10.1. The molecular formula is C12H16F2N2O2. The molecule has 0 fully saturated rings. The van der Waals surface area contributed by atoms with Crippen LogP contribution in [0.3, 0.4) is 0 Å². The Hall–Kier alpha value is -1.69. The molecule has 1 amide bonds. The first-order chi connectivity index (χ1) is 8.49. The van der Waals surface area contributed by atoms with Crippen molar-refractivity contribution >= 4 is 11.6 Å². The smallest absolute Gasteiger partial charge is 0.254 e. The third kappa shape index (κ3) is 3.40. The summed E-state index contributed by atoms with van der Waals surface area (Å²) in [5.41, 5.74) is 4.41. The third-order valence-corrected chi connectivity index (χ3v) is 2.62. The van der Waals surface area contributed by atoms with Crippen molar-refractivity contribution in [2.45, 2.75) is 25.8 Å². The second-order valence-electron chi connectivity index (χ2n) is 3.95. The lowest BCUT2D eigenvalue weighted by Gasteiger charge is -2.16. The van der Waals surface area contributed by atoms with Gasteiger partial charge >= 0.3 is 0 Å². The Labute approximate surface area is 104 Å². The van der Waals surface area contributed by atoms with Crippen molar-refractivity contribution in [2.24, 2.45) is 0 Å². The van der Waals surface area contributed by atoms with Crippen molar-refractivity contribution in [3.05, 3.63) is 29.3 Å². The molecule has 1 rings (SSSR count). The number of anilines is 1. The number of hydrogen-bond donors (Lipinski definition) is 3. The average Bonchev–Trinajstić information content (AvgIpc) is 2.32. The highest BCUT2D eigenvalue weighted by Gasteiger charge is 2.18. The van der Waals surface area contributed by atoms with Crippen LogP contribution in [0.4, 0.5) is 14.5 Å². The first-order valence-corrected chi connectivity index (χ1v) is 5.65. The number of nitrogens with two attached hydrogens (primary N) is 1. The van der Waals surface area contributed by atoms with Crippen molar-refractivity contribution in [3.63, 3.8) is 0 Å². The molecule has 0 saturated heterocycles. The average molecular weight is 258 g/mol. The quantitative estimate of drug-likeness (QED) is 0.699. The van der Waals surface area contributed by atoms with E-state index in [0.29, 0.717) is 12.8 Å². The molecule has 0 aliphatic carbocycles. The minimum atomic E-state index is -0.937. The minimum absolute atomic E-state index is 0.0907. The third-order valence-electron chi connectivity index (χ3n) is 2.62. The van der Waals surface area contributed by atoms with E-state index in [0.717, 1.165) is 12.1 Å². The second kappa shape index (κ2) is 6.30. The highest BCUT2D eigenvalue weighted by atomic mass is 19.1. The van der Waals surface area contributed by atoms with Crippen LogP contribution in [0.5, 0.6) is 0 Å². The van der Waals surface area contributed by atoms with E-state index in [1.165, 1.54) is 0 Å². The maximum Gasteiger partial charge on any atom is 0.254 e. The number of carbonyl (C=O) groups is 1. The molecule has 18 heavy (non-hydrogen) atoms. The van der Waals surface area contributed by atoms with Gasteiger partial charge in [0.1, 0.15) is 5.82 Å². The summed E-state index contributed by atoms with van der Waals surface area (Å²) in [7, 11) is 0. The summed E-state index contributed by atoms with van der Waals surface area (Å²) in [5, 5.41) is 11.3. The zero-order valence-electron chi connectivity index (χ0n) is 10.0. The number of halogens is 2. The molecule has 0 aliphatic rings. The maximum atomic E-state index is 13.6. The Morgan fingerprint density at radius 2 is 2.17 bits per heavy atom. The molecule has 4 nitrogen and oxygen atoms in total. The van der Waals surface area contributed by atoms with Gasteiger partial charge in [0.2, 0.25) is 0 Å². The van der Waals surface area contributed by atoms with E-state index < -0.39 is 28.8 Å². The van der Waals surface area contributed by atoms with Gasteiger partial charge in [0.05, 0.1) is 11.3 Å². The van der Waals surface area contributed by atoms with Crippen molar-refractivity contribution in [3.8, 4) is 0 Å². The highest BCUT2D eigenvalue weighted by Crippen LogP contribution is 2.17. The van der Waals surface area contributed by atoms with Crippen LogP contribution in [0.1, 0.15) is 30.1 Å². The van der Waals surface area contributed by atoms with Crippen LogP contribution in [0.25, 0.3) is 0 Å². The summed E-state index contributed by atoms with van der Waals surface area (Å²) in [6.07, 6.45) is 0.938. The monoisotopic (exact) mass is 258 g/mol. The lowest BCUT2D eigenvalue weighted by Crippen LogP contribution is -2.35. The van der Waals surface area contributed by atoms with Gasteiger partial charge in [-0.1, -0.05) is 6.92 Å². The molecular weight excluding hydrogens is 242 g/mol. The number of aliphatic hydroxyl groups excluding tert-OH is 1. The van der Waals surface area contributed by atoms with Crippen LogP contribution in [0, 0.1) is 11.6 Å². The molecule has 1 aromatic rings. The molecule has 6 heteroatoms. The molecule has 0 heterocycles. The van der Waals surface area contributed by atoms with Gasteiger partial charge in [0.25, 0.3) is 5.91 Å². The summed E-state index contributed by atoms with van der Waals surface area (Å²) in [4.78, 5) is 11.8. The molecule has 0 aliphatic heterocycles. The van der Waals surface area contributed by atoms with Gasteiger partial charge in [-0.15, -0.1) is 0 Å². The Morgan fingerprint density at radius 1 is 1.50 bits per heavy atom. The standard InChI is InChI=1S/C12H16F2N2O2/c1-2-8(3-4-17)16-12(18)9-5-7(13)6-10(15)11(9)14/h5-6,8,17H,2-4,15H2,1H3,(H,16,18). The Balaban J connectivity index is 2.90. The van der Waals surface area contributed by atoms with Gasteiger partial charge in [-0.25, -0.2) is 8.78 Å². The number of hydrogen-bond acceptors (Lipinski definition) is 3. The van der Waals surface area contributed by atoms with Crippen LogP contribution in [-0.4, -0.2) is 23.7 Å². The molecule has 0 aromatic heterocycles. The first kappa shape index (κ1) is 14.4. The fourth-order valence-electron chi connectivity index (χ4n) is 1.57. The number of nitrogen functional groups attached to an aromatic ring is 1. The van der Waals surface area contributed by atoms with Gasteiger partial charge < -0.3 is 16.2 Å². The summed E-state index contributed by atoms with van der Waals surface area (Å²) in [6.45, 7) is 1.73. The van der Waals surface area contributed by atoms with E-state index in [1.807, 2.05) is 6.92 Å². The number of aliphatic hydroxyl groups is 1. The Bertz CT molecular complexity index is 438. The molecule has 0 spiro atoms. The second-order valence-corrected chi connectivity index (χ2v) is 3.95. The van der Waals surface area contributed by atoms with Gasteiger partial charge in [-0.2, -0.15) is 0 Å². The van der Waals surface area contributed by atoms with Crippen molar-refractivity contribution in [1.29, 1.82) is 0 Å². The van der Waals surface area contributed by atoms with Crippen LogP contribution >= 0.6 is 0 Å². The number of benzene rings is 1. The summed E-state index contributed by atoms with van der Waals surface area (Å²) in [6, 6.07) is 1.33. The zero-order chi connectivity index (χ0) is 13.7. The van der Waals surface area contributed by atoms with E-state index in [9.17, 15) is 13.6 Å². The topological polar surface area (TPSA) is 75.3 Å². The van der Waals surface area contributed by atoms with Crippen LogP contribution in [-0.2, 0) is 0 Å². The Kier molecular flexibility index (Phi) is 5.03. The number of rotatable bonds is 5. The largest absolute Gasteiger partial charge is 0.396 e. The maximum absolute atomic E-state index is 13.6. The first-order valence-electron chi connectivity index (χ1n) is 5.65. The molecule has 0 bridgehead atoms. The minimum Gasteiger partial charge on any atom is -0.396 e. The van der Waals surface area contributed by atoms with E-state index in [4.69, 9.17) is 10.8 Å². The fraction of sp³-hybridized carbons (Fsp3) is 0.417. The normalized spacial score (nSPS) is 12.2. The van der Waals surface area contributed by atoms with Crippen LogP contribution in [0.15, 0.2) is 12.1 Å².